The van der Waals surface area contributed by atoms with Crippen LogP contribution in [0.1, 0.15) is 24.0 Å². The summed E-state index contributed by atoms with van der Waals surface area (Å²) in [4.78, 5) is 2.55. The molecule has 2 aromatic rings. The molecule has 6 heteroatoms. The van der Waals surface area contributed by atoms with Crippen LogP contribution in [0.15, 0.2) is 48.5 Å². The first-order valence-electron chi connectivity index (χ1n) is 8.99. The van der Waals surface area contributed by atoms with E-state index >= 15 is 0 Å². The molecule has 150 valence electrons. The minimum Gasteiger partial charge on any atom is -0.493 e. The number of likely N-dealkylation sites (tertiary alicyclic amines) is 1. The zero-order valence-corrected chi connectivity index (χ0v) is 17.7. The van der Waals surface area contributed by atoms with Crippen LogP contribution in [0.3, 0.4) is 0 Å². The van der Waals surface area contributed by atoms with Crippen molar-refractivity contribution in [1.82, 2.24) is 10.2 Å². The number of hydrogen-bond donors (Lipinski definition) is 1. The lowest BCUT2D eigenvalue weighted by molar-refractivity contribution is 0.190. The molecular weight excluding hydrogens is 383 g/mol. The van der Waals surface area contributed by atoms with Gasteiger partial charge in [0.25, 0.3) is 0 Å². The summed E-state index contributed by atoms with van der Waals surface area (Å²) >= 11 is 0. The summed E-state index contributed by atoms with van der Waals surface area (Å²) in [5.74, 6) is 1.57. The number of nitrogens with one attached hydrogen (secondary N) is 1. The van der Waals surface area contributed by atoms with Gasteiger partial charge in [-0.1, -0.05) is 36.4 Å². The predicted molar refractivity (Wildman–Crippen MR) is 116 cm³/mol. The lowest BCUT2D eigenvalue weighted by Crippen LogP contribution is -2.41. The predicted octanol–water partition coefficient (Wildman–Crippen LogP) is 4.30. The second-order valence-electron chi connectivity index (χ2n) is 6.61. The van der Waals surface area contributed by atoms with E-state index in [0.717, 1.165) is 37.7 Å². The molecule has 0 atom stereocenters. The van der Waals surface area contributed by atoms with Crippen molar-refractivity contribution < 1.29 is 9.47 Å². The average molecular weight is 413 g/mol. The fraction of sp³-hybridized carbons (Fsp3) is 0.429. The second kappa shape index (κ2) is 12.1. The Morgan fingerprint density at radius 2 is 1.56 bits per heavy atom. The van der Waals surface area contributed by atoms with Gasteiger partial charge in [-0.15, -0.1) is 24.8 Å². The summed E-state index contributed by atoms with van der Waals surface area (Å²) in [6.07, 6.45) is 2.39. The van der Waals surface area contributed by atoms with Gasteiger partial charge in [0.1, 0.15) is 0 Å². The molecule has 0 aliphatic carbocycles. The third-order valence-electron chi connectivity index (χ3n) is 4.88. The van der Waals surface area contributed by atoms with Crippen LogP contribution < -0.4 is 14.8 Å². The van der Waals surface area contributed by atoms with Gasteiger partial charge in [-0.25, -0.2) is 0 Å². The highest BCUT2D eigenvalue weighted by molar-refractivity contribution is 5.85. The van der Waals surface area contributed by atoms with Crippen LogP contribution in [0.5, 0.6) is 11.5 Å². The molecule has 1 aliphatic heterocycles. The maximum absolute atomic E-state index is 5.38. The Bertz CT molecular complexity index is 662. The van der Waals surface area contributed by atoms with Crippen LogP contribution in [-0.2, 0) is 13.1 Å². The molecular formula is C21H30Cl2N2O2. The number of hydrogen-bond acceptors (Lipinski definition) is 4. The molecule has 0 aromatic heterocycles. The third-order valence-corrected chi connectivity index (χ3v) is 4.88. The van der Waals surface area contributed by atoms with E-state index in [1.807, 2.05) is 6.07 Å². The van der Waals surface area contributed by atoms with E-state index in [1.54, 1.807) is 14.2 Å². The number of halogens is 2. The van der Waals surface area contributed by atoms with Gasteiger partial charge in [0.05, 0.1) is 14.2 Å². The van der Waals surface area contributed by atoms with E-state index in [1.165, 1.54) is 24.0 Å². The summed E-state index contributed by atoms with van der Waals surface area (Å²) in [5, 5.41) is 3.69. The quantitative estimate of drug-likeness (QED) is 0.734. The third kappa shape index (κ3) is 6.89. The Kier molecular flexibility index (Phi) is 10.6. The summed E-state index contributed by atoms with van der Waals surface area (Å²) in [7, 11) is 3.34. The summed E-state index contributed by atoms with van der Waals surface area (Å²) in [6, 6.07) is 17.4. The van der Waals surface area contributed by atoms with E-state index in [0.29, 0.717) is 6.04 Å². The van der Waals surface area contributed by atoms with E-state index in [9.17, 15) is 0 Å². The lowest BCUT2D eigenvalue weighted by atomic mass is 10.0. The number of piperidine rings is 1. The Labute approximate surface area is 175 Å². The van der Waals surface area contributed by atoms with Gasteiger partial charge < -0.3 is 14.8 Å². The Balaban J connectivity index is 0.00000182. The maximum atomic E-state index is 5.38. The van der Waals surface area contributed by atoms with Crippen molar-refractivity contribution in [2.45, 2.75) is 32.0 Å². The first-order valence-corrected chi connectivity index (χ1v) is 8.99. The first-order chi connectivity index (χ1) is 12.3. The number of nitrogens with zero attached hydrogens (tertiary/aromatic N) is 1. The van der Waals surface area contributed by atoms with Crippen molar-refractivity contribution in [2.24, 2.45) is 0 Å². The van der Waals surface area contributed by atoms with Crippen molar-refractivity contribution in [3.8, 4) is 11.5 Å². The smallest absolute Gasteiger partial charge is 0.161 e. The van der Waals surface area contributed by atoms with Crippen molar-refractivity contribution in [3.63, 3.8) is 0 Å². The molecule has 1 aliphatic rings. The first kappa shape index (κ1) is 23.6. The highest BCUT2D eigenvalue weighted by Crippen LogP contribution is 2.27. The average Bonchev–Trinajstić information content (AvgIpc) is 2.68. The molecule has 0 unspecified atom stereocenters. The molecule has 1 saturated heterocycles. The van der Waals surface area contributed by atoms with Crippen molar-refractivity contribution in [1.29, 1.82) is 0 Å². The highest BCUT2D eigenvalue weighted by Gasteiger charge is 2.18. The summed E-state index contributed by atoms with van der Waals surface area (Å²) < 4.78 is 10.7. The topological polar surface area (TPSA) is 33.7 Å². The second-order valence-corrected chi connectivity index (χ2v) is 6.61. The molecule has 0 saturated carbocycles. The number of methoxy groups -OCH3 is 2. The zero-order chi connectivity index (χ0) is 17.5. The van der Waals surface area contributed by atoms with Gasteiger partial charge in [0.15, 0.2) is 11.5 Å². The standard InChI is InChI=1S/C21H28N2O2.2ClH/c1-24-20-9-8-18(14-21(20)25-2)15-22-19-10-12-23(13-11-19)16-17-6-4-3-5-7-17;;/h3-9,14,19,22H,10-13,15-16H2,1-2H3;2*1H. The molecule has 0 bridgehead atoms. The lowest BCUT2D eigenvalue weighted by Gasteiger charge is -2.32. The van der Waals surface area contributed by atoms with Crippen LogP contribution in [0.25, 0.3) is 0 Å². The van der Waals surface area contributed by atoms with Gasteiger partial charge in [0.2, 0.25) is 0 Å². The minimum atomic E-state index is 0. The van der Waals surface area contributed by atoms with E-state index in [-0.39, 0.29) is 24.8 Å². The van der Waals surface area contributed by atoms with Crippen LogP contribution in [0.2, 0.25) is 0 Å². The van der Waals surface area contributed by atoms with Crippen molar-refractivity contribution >= 4 is 24.8 Å². The fourth-order valence-corrected chi connectivity index (χ4v) is 3.39. The van der Waals surface area contributed by atoms with Gasteiger partial charge in [0, 0.05) is 19.1 Å². The van der Waals surface area contributed by atoms with Gasteiger partial charge >= 0.3 is 0 Å². The highest BCUT2D eigenvalue weighted by atomic mass is 35.5. The number of ether oxygens (including phenoxy) is 2. The van der Waals surface area contributed by atoms with Crippen LogP contribution in [-0.4, -0.2) is 38.3 Å². The molecule has 1 N–H and O–H groups in total. The van der Waals surface area contributed by atoms with Crippen molar-refractivity contribution in [2.75, 3.05) is 27.3 Å². The molecule has 3 rings (SSSR count). The summed E-state index contributed by atoms with van der Waals surface area (Å²) in [5.41, 5.74) is 2.63. The molecule has 2 aromatic carbocycles. The summed E-state index contributed by atoms with van der Waals surface area (Å²) in [6.45, 7) is 4.23. The van der Waals surface area contributed by atoms with Gasteiger partial charge in [-0.2, -0.15) is 0 Å². The van der Waals surface area contributed by atoms with E-state index in [4.69, 9.17) is 9.47 Å². The SMILES string of the molecule is COc1ccc(CNC2CCN(Cc3ccccc3)CC2)cc1OC.Cl.Cl. The molecule has 0 spiro atoms. The van der Waals surface area contributed by atoms with Crippen LogP contribution in [0, 0.1) is 0 Å². The molecule has 27 heavy (non-hydrogen) atoms. The minimum absolute atomic E-state index is 0. The zero-order valence-electron chi connectivity index (χ0n) is 16.0. The monoisotopic (exact) mass is 412 g/mol. The number of benzene rings is 2. The van der Waals surface area contributed by atoms with E-state index in [2.05, 4.69) is 52.7 Å². The molecule has 0 amide bonds. The van der Waals surface area contributed by atoms with E-state index < -0.39 is 0 Å². The normalized spacial score (nSPS) is 14.7. The largest absolute Gasteiger partial charge is 0.493 e. The molecule has 1 heterocycles. The maximum Gasteiger partial charge on any atom is 0.161 e. The van der Waals surface area contributed by atoms with Gasteiger partial charge in [-0.3, -0.25) is 4.90 Å². The Hall–Kier alpha value is -1.46. The molecule has 4 nitrogen and oxygen atoms in total. The molecule has 1 fully saturated rings. The Morgan fingerprint density at radius 1 is 0.889 bits per heavy atom. The number of rotatable bonds is 7. The van der Waals surface area contributed by atoms with Crippen molar-refractivity contribution in [3.05, 3.63) is 59.7 Å². The van der Waals surface area contributed by atoms with Crippen LogP contribution >= 0.6 is 24.8 Å². The van der Waals surface area contributed by atoms with Crippen LogP contribution in [0.4, 0.5) is 0 Å². The van der Waals surface area contributed by atoms with Gasteiger partial charge in [-0.05, 0) is 49.2 Å². The Morgan fingerprint density at radius 3 is 2.19 bits per heavy atom. The fourth-order valence-electron chi connectivity index (χ4n) is 3.39. The molecule has 0 radical (unpaired) electrons.